The van der Waals surface area contributed by atoms with E-state index < -0.39 is 23.3 Å². The molecule has 0 fully saturated rings. The largest absolute Gasteiger partial charge is 0.406 e. The Hall–Kier alpha value is -0.680. The van der Waals surface area contributed by atoms with Gasteiger partial charge in [-0.15, -0.1) is 0 Å². The molecule has 0 aliphatic carbocycles. The first-order chi connectivity index (χ1) is 5.98. The Labute approximate surface area is 77.6 Å². The van der Waals surface area contributed by atoms with E-state index >= 15 is 0 Å². The Morgan fingerprint density at radius 1 is 0.929 bits per heavy atom. The van der Waals surface area contributed by atoms with Gasteiger partial charge in [-0.05, 0) is 20.8 Å². The molecule has 0 aromatic carbocycles. The lowest BCUT2D eigenvalue weighted by Crippen LogP contribution is -2.48. The number of halogens is 6. The second-order valence-corrected chi connectivity index (χ2v) is 3.09. The minimum Gasteiger partial charge on any atom is -0.170 e. The van der Waals surface area contributed by atoms with E-state index in [-0.39, 0.29) is 6.92 Å². The van der Waals surface area contributed by atoms with E-state index in [4.69, 9.17) is 0 Å². The van der Waals surface area contributed by atoms with Crippen LogP contribution in [0.1, 0.15) is 20.8 Å². The van der Waals surface area contributed by atoms with E-state index in [0.717, 1.165) is 19.9 Å². The summed E-state index contributed by atoms with van der Waals surface area (Å²) in [6, 6.07) is 0. The Morgan fingerprint density at radius 3 is 1.29 bits per heavy atom. The molecule has 0 saturated carbocycles. The first-order valence-corrected chi connectivity index (χ1v) is 3.75. The summed E-state index contributed by atoms with van der Waals surface area (Å²) in [7, 11) is 0. The van der Waals surface area contributed by atoms with Crippen molar-refractivity contribution in [3.63, 3.8) is 0 Å². The van der Waals surface area contributed by atoms with Gasteiger partial charge in [0.05, 0.1) is 0 Å². The van der Waals surface area contributed by atoms with Gasteiger partial charge in [0.15, 0.2) is 5.41 Å². The number of hydrogen-bond acceptors (Lipinski definition) is 0. The smallest absolute Gasteiger partial charge is 0.170 e. The normalized spacial score (nSPS) is 15.9. The van der Waals surface area contributed by atoms with Crippen molar-refractivity contribution in [2.75, 3.05) is 0 Å². The van der Waals surface area contributed by atoms with Crippen LogP contribution in [0, 0.1) is 5.41 Å². The average molecular weight is 220 g/mol. The molecular formula is C8H10F6. The molecule has 0 unspecified atom stereocenters. The van der Waals surface area contributed by atoms with Gasteiger partial charge in [0, 0.05) is 0 Å². The van der Waals surface area contributed by atoms with Gasteiger partial charge in [-0.25, -0.2) is 0 Å². The quantitative estimate of drug-likeness (QED) is 0.461. The molecule has 0 aliphatic rings. The van der Waals surface area contributed by atoms with Gasteiger partial charge < -0.3 is 0 Å². The van der Waals surface area contributed by atoms with Crippen molar-refractivity contribution in [3.05, 3.63) is 11.6 Å². The Balaban J connectivity index is 5.53. The van der Waals surface area contributed by atoms with E-state index in [0.29, 0.717) is 0 Å². The molecule has 0 rings (SSSR count). The summed E-state index contributed by atoms with van der Waals surface area (Å²) in [5.74, 6) is 0. The molecule has 0 aliphatic heterocycles. The lowest BCUT2D eigenvalue weighted by molar-refractivity contribution is -0.318. The average Bonchev–Trinajstić information content (AvgIpc) is 1.97. The van der Waals surface area contributed by atoms with Crippen LogP contribution in [0.25, 0.3) is 0 Å². The summed E-state index contributed by atoms with van der Waals surface area (Å²) in [6.45, 7) is 2.11. The van der Waals surface area contributed by atoms with Gasteiger partial charge in [-0.1, -0.05) is 11.6 Å². The minimum absolute atomic E-state index is 0.141. The molecule has 0 atom stereocenters. The van der Waals surface area contributed by atoms with E-state index in [1.807, 2.05) is 0 Å². The molecular weight excluding hydrogens is 210 g/mol. The maximum Gasteiger partial charge on any atom is 0.406 e. The van der Waals surface area contributed by atoms with E-state index in [2.05, 4.69) is 0 Å². The maximum atomic E-state index is 12.3. The Kier molecular flexibility index (Phi) is 3.30. The monoisotopic (exact) mass is 220 g/mol. The van der Waals surface area contributed by atoms with Crippen LogP contribution in [0.2, 0.25) is 0 Å². The van der Waals surface area contributed by atoms with Crippen LogP contribution in [0.3, 0.4) is 0 Å². The predicted octanol–water partition coefficient (Wildman–Crippen LogP) is 4.08. The van der Waals surface area contributed by atoms with Gasteiger partial charge in [-0.2, -0.15) is 26.3 Å². The van der Waals surface area contributed by atoms with E-state index in [9.17, 15) is 26.3 Å². The van der Waals surface area contributed by atoms with Crippen molar-refractivity contribution < 1.29 is 26.3 Å². The van der Waals surface area contributed by atoms with Crippen LogP contribution in [0.5, 0.6) is 0 Å². The van der Waals surface area contributed by atoms with Gasteiger partial charge >= 0.3 is 12.4 Å². The molecule has 0 N–H and O–H groups in total. The van der Waals surface area contributed by atoms with E-state index in [1.54, 1.807) is 0 Å². The second kappa shape index (κ2) is 3.47. The summed E-state index contributed by atoms with van der Waals surface area (Å²) < 4.78 is 73.7. The van der Waals surface area contributed by atoms with Crippen LogP contribution >= 0.6 is 0 Å². The highest BCUT2D eigenvalue weighted by Crippen LogP contribution is 2.54. The molecule has 6 heteroatoms. The number of allylic oxidation sites excluding steroid dienone is 2. The standard InChI is InChI=1S/C8H10F6/c1-4-5(2)6(3,7(9,10)11)8(12,13)14/h4H,1-3H3/b5-4+. The van der Waals surface area contributed by atoms with Crippen LogP contribution in [-0.2, 0) is 0 Å². The van der Waals surface area contributed by atoms with Crippen LogP contribution in [0.15, 0.2) is 11.6 Å². The van der Waals surface area contributed by atoms with Gasteiger partial charge in [-0.3, -0.25) is 0 Å². The first kappa shape index (κ1) is 13.3. The molecule has 0 bridgehead atoms. The summed E-state index contributed by atoms with van der Waals surface area (Å²) in [6.07, 6.45) is -9.84. The molecule has 14 heavy (non-hydrogen) atoms. The topological polar surface area (TPSA) is 0 Å². The number of rotatable bonds is 1. The third-order valence-corrected chi connectivity index (χ3v) is 2.36. The van der Waals surface area contributed by atoms with Crippen molar-refractivity contribution in [2.45, 2.75) is 33.1 Å². The zero-order chi connectivity index (χ0) is 11.8. The Bertz CT molecular complexity index is 217. The molecule has 84 valence electrons. The second-order valence-electron chi connectivity index (χ2n) is 3.09. The summed E-state index contributed by atoms with van der Waals surface area (Å²) >= 11 is 0. The van der Waals surface area contributed by atoms with Crippen LogP contribution in [0.4, 0.5) is 26.3 Å². The molecule has 0 heterocycles. The van der Waals surface area contributed by atoms with Crippen LogP contribution in [-0.4, -0.2) is 12.4 Å². The van der Waals surface area contributed by atoms with Gasteiger partial charge in [0.2, 0.25) is 0 Å². The molecule has 0 spiro atoms. The van der Waals surface area contributed by atoms with Gasteiger partial charge in [0.25, 0.3) is 0 Å². The third-order valence-electron chi connectivity index (χ3n) is 2.36. The molecule has 0 amide bonds. The number of alkyl halides is 6. The molecule has 0 aromatic rings. The fourth-order valence-corrected chi connectivity index (χ4v) is 0.897. The van der Waals surface area contributed by atoms with E-state index in [1.165, 1.54) is 0 Å². The summed E-state index contributed by atoms with van der Waals surface area (Å²) in [5.41, 5.74) is -4.51. The fourth-order valence-electron chi connectivity index (χ4n) is 0.897. The lowest BCUT2D eigenvalue weighted by Gasteiger charge is -2.34. The minimum atomic E-state index is -5.33. The van der Waals surface area contributed by atoms with Crippen molar-refractivity contribution in [3.8, 4) is 0 Å². The predicted molar refractivity (Wildman–Crippen MR) is 39.6 cm³/mol. The molecule has 0 nitrogen and oxygen atoms in total. The zero-order valence-corrected chi connectivity index (χ0v) is 7.85. The fraction of sp³-hybridized carbons (Fsp3) is 0.750. The SMILES string of the molecule is C/C=C(\C)C(C)(C(F)(F)F)C(F)(F)F. The lowest BCUT2D eigenvalue weighted by atomic mass is 9.81. The van der Waals surface area contributed by atoms with Crippen molar-refractivity contribution >= 4 is 0 Å². The highest BCUT2D eigenvalue weighted by atomic mass is 19.4. The number of hydrogen-bond donors (Lipinski definition) is 0. The molecule has 0 radical (unpaired) electrons. The summed E-state index contributed by atoms with van der Waals surface area (Å²) in [5, 5.41) is 0. The maximum absolute atomic E-state index is 12.3. The van der Waals surface area contributed by atoms with Crippen molar-refractivity contribution in [1.29, 1.82) is 0 Å². The summed E-state index contributed by atoms with van der Waals surface area (Å²) in [4.78, 5) is 0. The third kappa shape index (κ3) is 1.88. The van der Waals surface area contributed by atoms with Crippen molar-refractivity contribution in [1.82, 2.24) is 0 Å². The molecule has 0 aromatic heterocycles. The zero-order valence-electron chi connectivity index (χ0n) is 7.85. The van der Waals surface area contributed by atoms with Crippen molar-refractivity contribution in [2.24, 2.45) is 5.41 Å². The highest BCUT2D eigenvalue weighted by Gasteiger charge is 2.68. The highest BCUT2D eigenvalue weighted by molar-refractivity contribution is 5.16. The molecule has 0 saturated heterocycles. The Morgan fingerprint density at radius 2 is 1.21 bits per heavy atom. The van der Waals surface area contributed by atoms with Crippen LogP contribution < -0.4 is 0 Å². The van der Waals surface area contributed by atoms with Gasteiger partial charge in [0.1, 0.15) is 0 Å². The first-order valence-electron chi connectivity index (χ1n) is 3.75.